The lowest BCUT2D eigenvalue weighted by atomic mass is 9.87. The molecule has 0 aromatic heterocycles. The first kappa shape index (κ1) is 14.5. The number of carbonyl (C=O) groups is 1. The van der Waals surface area contributed by atoms with Crippen molar-refractivity contribution < 1.29 is 4.79 Å². The minimum absolute atomic E-state index is 0.155. The van der Waals surface area contributed by atoms with Gasteiger partial charge in [-0.25, -0.2) is 0 Å². The summed E-state index contributed by atoms with van der Waals surface area (Å²) in [6.07, 6.45) is 0. The van der Waals surface area contributed by atoms with Crippen molar-refractivity contribution in [3.63, 3.8) is 0 Å². The van der Waals surface area contributed by atoms with Gasteiger partial charge in [0.25, 0.3) is 0 Å². The van der Waals surface area contributed by atoms with Crippen molar-refractivity contribution in [2.75, 3.05) is 0 Å². The number of benzene rings is 2. The van der Waals surface area contributed by atoms with Crippen LogP contribution in [-0.2, 0) is 0 Å². The van der Waals surface area contributed by atoms with Crippen molar-refractivity contribution in [1.29, 1.82) is 0 Å². The zero-order valence-electron chi connectivity index (χ0n) is 13.2. The van der Waals surface area contributed by atoms with Crippen molar-refractivity contribution in [1.82, 2.24) is 0 Å². The van der Waals surface area contributed by atoms with Gasteiger partial charge in [-0.2, -0.15) is 0 Å². The Hall–Kier alpha value is -1.89. The summed E-state index contributed by atoms with van der Waals surface area (Å²) in [6, 6.07) is 8.18. The molecule has 0 N–H and O–H groups in total. The Morgan fingerprint density at radius 3 is 1.60 bits per heavy atom. The molecule has 0 spiro atoms. The second kappa shape index (κ2) is 5.24. The van der Waals surface area contributed by atoms with E-state index in [1.54, 1.807) is 0 Å². The Kier molecular flexibility index (Phi) is 3.80. The SMILES string of the molecule is Cc1cc(C)c(C)c(C(=O)c2c(C)cccc2C)c1C. The maximum atomic E-state index is 13.0. The van der Waals surface area contributed by atoms with Crippen molar-refractivity contribution in [2.24, 2.45) is 0 Å². The molecule has 1 heteroatoms. The average molecular weight is 266 g/mol. The number of carbonyl (C=O) groups excluding carboxylic acids is 1. The molecule has 0 saturated heterocycles. The fourth-order valence-corrected chi connectivity index (χ4v) is 2.86. The summed E-state index contributed by atoms with van der Waals surface area (Å²) in [5.74, 6) is 0.155. The van der Waals surface area contributed by atoms with Gasteiger partial charge >= 0.3 is 0 Å². The van der Waals surface area contributed by atoms with Gasteiger partial charge in [-0.05, 0) is 74.9 Å². The van der Waals surface area contributed by atoms with Gasteiger partial charge in [0.1, 0.15) is 0 Å². The predicted octanol–water partition coefficient (Wildman–Crippen LogP) is 4.77. The van der Waals surface area contributed by atoms with E-state index in [0.717, 1.165) is 33.4 Å². The molecule has 2 rings (SSSR count). The van der Waals surface area contributed by atoms with Crippen LogP contribution in [0.15, 0.2) is 24.3 Å². The lowest BCUT2D eigenvalue weighted by Gasteiger charge is -2.16. The largest absolute Gasteiger partial charge is 0.289 e. The minimum atomic E-state index is 0.155. The molecule has 0 fully saturated rings. The van der Waals surface area contributed by atoms with Crippen LogP contribution in [0, 0.1) is 41.5 Å². The molecular formula is C19H22O. The van der Waals surface area contributed by atoms with Crippen LogP contribution in [0.3, 0.4) is 0 Å². The third kappa shape index (κ3) is 2.29. The maximum Gasteiger partial charge on any atom is 0.194 e. The Bertz CT molecular complexity index is 647. The van der Waals surface area contributed by atoms with Crippen LogP contribution in [0.1, 0.15) is 49.3 Å². The number of hydrogen-bond donors (Lipinski definition) is 0. The van der Waals surface area contributed by atoms with Gasteiger partial charge in [0.15, 0.2) is 5.78 Å². The zero-order valence-corrected chi connectivity index (χ0v) is 13.2. The molecule has 0 unspecified atom stereocenters. The van der Waals surface area contributed by atoms with Crippen molar-refractivity contribution in [3.05, 3.63) is 68.8 Å². The summed E-state index contributed by atoms with van der Waals surface area (Å²) in [5, 5.41) is 0. The smallest absolute Gasteiger partial charge is 0.194 e. The first-order valence-corrected chi connectivity index (χ1v) is 7.03. The first-order chi connectivity index (χ1) is 9.34. The Morgan fingerprint density at radius 1 is 0.700 bits per heavy atom. The van der Waals surface area contributed by atoms with E-state index in [1.165, 1.54) is 11.1 Å². The number of rotatable bonds is 2. The summed E-state index contributed by atoms with van der Waals surface area (Å²) >= 11 is 0. The topological polar surface area (TPSA) is 17.1 Å². The summed E-state index contributed by atoms with van der Waals surface area (Å²) < 4.78 is 0. The fourth-order valence-electron chi connectivity index (χ4n) is 2.86. The molecule has 0 saturated carbocycles. The van der Waals surface area contributed by atoms with E-state index < -0.39 is 0 Å². The molecule has 0 atom stereocenters. The first-order valence-electron chi connectivity index (χ1n) is 7.03. The summed E-state index contributed by atoms with van der Waals surface area (Å²) in [5.41, 5.74) is 8.39. The second-order valence-corrected chi connectivity index (χ2v) is 5.73. The van der Waals surface area contributed by atoms with Crippen molar-refractivity contribution in [3.8, 4) is 0 Å². The van der Waals surface area contributed by atoms with Crippen LogP contribution < -0.4 is 0 Å². The molecule has 104 valence electrons. The highest BCUT2D eigenvalue weighted by Gasteiger charge is 2.20. The van der Waals surface area contributed by atoms with Crippen LogP contribution in [-0.4, -0.2) is 5.78 Å². The lowest BCUT2D eigenvalue weighted by Crippen LogP contribution is -2.11. The van der Waals surface area contributed by atoms with Crippen molar-refractivity contribution >= 4 is 5.78 Å². The Labute approximate surface area is 121 Å². The normalized spacial score (nSPS) is 10.7. The van der Waals surface area contributed by atoms with E-state index in [-0.39, 0.29) is 5.78 Å². The highest BCUT2D eigenvalue weighted by Crippen LogP contribution is 2.26. The van der Waals surface area contributed by atoms with Crippen LogP contribution in [0.2, 0.25) is 0 Å². The molecule has 2 aromatic carbocycles. The minimum Gasteiger partial charge on any atom is -0.289 e. The molecule has 0 heterocycles. The Balaban J connectivity index is 2.72. The van der Waals surface area contributed by atoms with Gasteiger partial charge in [0.2, 0.25) is 0 Å². The van der Waals surface area contributed by atoms with Gasteiger partial charge in [-0.1, -0.05) is 24.3 Å². The lowest BCUT2D eigenvalue weighted by molar-refractivity contribution is 0.103. The van der Waals surface area contributed by atoms with E-state index in [2.05, 4.69) is 19.9 Å². The zero-order chi connectivity index (χ0) is 15.0. The van der Waals surface area contributed by atoms with E-state index in [1.807, 2.05) is 45.9 Å². The molecule has 20 heavy (non-hydrogen) atoms. The quantitative estimate of drug-likeness (QED) is 0.716. The summed E-state index contributed by atoms with van der Waals surface area (Å²) in [4.78, 5) is 13.0. The molecule has 1 nitrogen and oxygen atoms in total. The molecule has 0 bridgehead atoms. The Morgan fingerprint density at radius 2 is 1.15 bits per heavy atom. The van der Waals surface area contributed by atoms with Gasteiger partial charge in [-0.15, -0.1) is 0 Å². The van der Waals surface area contributed by atoms with Crippen LogP contribution in [0.4, 0.5) is 0 Å². The molecule has 0 aliphatic carbocycles. The van der Waals surface area contributed by atoms with E-state index in [0.29, 0.717) is 0 Å². The maximum absolute atomic E-state index is 13.0. The van der Waals surface area contributed by atoms with Crippen LogP contribution in [0.25, 0.3) is 0 Å². The third-order valence-electron chi connectivity index (χ3n) is 4.30. The highest BCUT2D eigenvalue weighted by atomic mass is 16.1. The highest BCUT2D eigenvalue weighted by molar-refractivity contribution is 6.12. The monoisotopic (exact) mass is 266 g/mol. The molecular weight excluding hydrogens is 244 g/mol. The summed E-state index contributed by atoms with van der Waals surface area (Å²) in [7, 11) is 0. The van der Waals surface area contributed by atoms with Crippen molar-refractivity contribution in [2.45, 2.75) is 41.5 Å². The molecule has 0 aliphatic rings. The second-order valence-electron chi connectivity index (χ2n) is 5.73. The van der Waals surface area contributed by atoms with Gasteiger partial charge < -0.3 is 0 Å². The number of aryl methyl sites for hydroxylation is 4. The predicted molar refractivity (Wildman–Crippen MR) is 84.7 cm³/mol. The number of ketones is 1. The van der Waals surface area contributed by atoms with Gasteiger partial charge in [-0.3, -0.25) is 4.79 Å². The molecule has 0 amide bonds. The molecule has 2 aromatic rings. The summed E-state index contributed by atoms with van der Waals surface area (Å²) in [6.45, 7) is 12.2. The number of hydrogen-bond acceptors (Lipinski definition) is 1. The fraction of sp³-hybridized carbons (Fsp3) is 0.316. The van der Waals surface area contributed by atoms with E-state index >= 15 is 0 Å². The van der Waals surface area contributed by atoms with Crippen LogP contribution >= 0.6 is 0 Å². The van der Waals surface area contributed by atoms with Gasteiger partial charge in [0.05, 0.1) is 0 Å². The van der Waals surface area contributed by atoms with Gasteiger partial charge in [0, 0.05) is 11.1 Å². The molecule has 0 aliphatic heterocycles. The van der Waals surface area contributed by atoms with E-state index in [9.17, 15) is 4.79 Å². The van der Waals surface area contributed by atoms with Crippen LogP contribution in [0.5, 0.6) is 0 Å². The standard InChI is InChI=1S/C19H22O/c1-11-8-7-9-12(2)17(11)19(20)18-15(5)13(3)10-14(4)16(18)6/h7-10H,1-6H3. The van der Waals surface area contributed by atoms with E-state index in [4.69, 9.17) is 0 Å². The average Bonchev–Trinajstić information content (AvgIpc) is 2.36. The molecule has 0 radical (unpaired) electrons. The third-order valence-corrected chi connectivity index (χ3v) is 4.30.